The van der Waals surface area contributed by atoms with Gasteiger partial charge in [-0.1, -0.05) is 0 Å². The van der Waals surface area contributed by atoms with Crippen LogP contribution >= 0.6 is 0 Å². The van der Waals surface area contributed by atoms with Crippen LogP contribution in [0.15, 0.2) is 23.1 Å². The van der Waals surface area contributed by atoms with Crippen LogP contribution in [0.4, 0.5) is 10.1 Å². The highest BCUT2D eigenvalue weighted by atomic mass is 32.2. The molecule has 0 heterocycles. The molecule has 104 valence electrons. The average molecular weight is 288 g/mol. The molecule has 4 N–H and O–H groups in total. The van der Waals surface area contributed by atoms with E-state index in [-0.39, 0.29) is 10.6 Å². The molecule has 0 spiro atoms. The molecule has 0 amide bonds. The fourth-order valence-electron chi connectivity index (χ4n) is 1.95. The van der Waals surface area contributed by atoms with E-state index < -0.39 is 27.3 Å². The van der Waals surface area contributed by atoms with Gasteiger partial charge in [0.05, 0.1) is 10.6 Å². The van der Waals surface area contributed by atoms with Crippen molar-refractivity contribution in [2.45, 2.75) is 29.7 Å². The largest absolute Gasteiger partial charge is 0.480 e. The second-order valence-electron chi connectivity index (χ2n) is 4.55. The fourth-order valence-corrected chi connectivity index (χ4v) is 2.48. The van der Waals surface area contributed by atoms with Crippen molar-refractivity contribution >= 4 is 21.7 Å². The molecule has 0 saturated heterocycles. The van der Waals surface area contributed by atoms with Gasteiger partial charge in [-0.3, -0.25) is 0 Å². The summed E-state index contributed by atoms with van der Waals surface area (Å²) in [6.45, 7) is 0. The van der Waals surface area contributed by atoms with Crippen molar-refractivity contribution in [3.8, 4) is 0 Å². The molecule has 19 heavy (non-hydrogen) atoms. The molecule has 1 aromatic carbocycles. The van der Waals surface area contributed by atoms with E-state index in [1.807, 2.05) is 0 Å². The first-order valence-corrected chi connectivity index (χ1v) is 7.13. The number of carboxylic acids is 1. The molecule has 1 aliphatic carbocycles. The summed E-state index contributed by atoms with van der Waals surface area (Å²) in [5, 5.41) is 16.6. The van der Waals surface area contributed by atoms with Crippen molar-refractivity contribution in [3.05, 3.63) is 24.0 Å². The number of primary sulfonamides is 1. The van der Waals surface area contributed by atoms with E-state index in [1.54, 1.807) is 0 Å². The van der Waals surface area contributed by atoms with E-state index >= 15 is 0 Å². The summed E-state index contributed by atoms with van der Waals surface area (Å²) in [7, 11) is -3.98. The van der Waals surface area contributed by atoms with Crippen molar-refractivity contribution < 1.29 is 22.7 Å². The van der Waals surface area contributed by atoms with E-state index in [0.29, 0.717) is 12.8 Å². The third-order valence-corrected chi connectivity index (χ3v) is 4.17. The van der Waals surface area contributed by atoms with Crippen LogP contribution in [0.3, 0.4) is 0 Å². The summed E-state index contributed by atoms with van der Waals surface area (Å²) >= 11 is 0. The molecular formula is C11H13FN2O4S. The van der Waals surface area contributed by atoms with Gasteiger partial charge < -0.3 is 10.4 Å². The molecular weight excluding hydrogens is 275 g/mol. The molecule has 0 bridgehead atoms. The lowest BCUT2D eigenvalue weighted by Gasteiger charge is -2.39. The van der Waals surface area contributed by atoms with E-state index in [4.69, 9.17) is 10.2 Å². The maximum Gasteiger partial charge on any atom is 0.329 e. The normalized spacial score (nSPS) is 17.6. The number of hydrogen-bond donors (Lipinski definition) is 3. The summed E-state index contributed by atoms with van der Waals surface area (Å²) in [5.41, 5.74) is -1.21. The van der Waals surface area contributed by atoms with Crippen LogP contribution in [0.1, 0.15) is 19.3 Å². The second-order valence-corrected chi connectivity index (χ2v) is 6.11. The average Bonchev–Trinajstić information content (AvgIpc) is 2.23. The molecule has 2 rings (SSSR count). The van der Waals surface area contributed by atoms with Crippen molar-refractivity contribution in [2.24, 2.45) is 5.14 Å². The van der Waals surface area contributed by atoms with Gasteiger partial charge in [-0.25, -0.2) is 22.7 Å². The lowest BCUT2D eigenvalue weighted by molar-refractivity contribution is -0.145. The van der Waals surface area contributed by atoms with Gasteiger partial charge in [-0.15, -0.1) is 0 Å². The molecule has 0 atom stereocenters. The van der Waals surface area contributed by atoms with Crippen LogP contribution < -0.4 is 10.5 Å². The third-order valence-electron chi connectivity index (χ3n) is 3.26. The number of nitrogens with one attached hydrogen (secondary N) is 1. The minimum absolute atomic E-state index is 0.0468. The van der Waals surface area contributed by atoms with Crippen LogP contribution in [0.2, 0.25) is 0 Å². The zero-order valence-corrected chi connectivity index (χ0v) is 10.7. The number of aliphatic carboxylic acids is 1. The Balaban J connectivity index is 2.30. The summed E-state index contributed by atoms with van der Waals surface area (Å²) < 4.78 is 35.9. The molecule has 0 aliphatic heterocycles. The van der Waals surface area contributed by atoms with Crippen molar-refractivity contribution in [2.75, 3.05) is 5.32 Å². The molecule has 1 aliphatic rings. The number of benzene rings is 1. The molecule has 6 nitrogen and oxygen atoms in total. The third kappa shape index (κ3) is 2.54. The first kappa shape index (κ1) is 13.8. The Labute approximate surface area is 109 Å². The SMILES string of the molecule is NS(=O)(=O)c1ccc(NC2(C(=O)O)CCC2)c(F)c1. The summed E-state index contributed by atoms with van der Waals surface area (Å²) in [6, 6.07) is 3.08. The van der Waals surface area contributed by atoms with Crippen LogP contribution in [0.25, 0.3) is 0 Å². The zero-order valence-electron chi connectivity index (χ0n) is 9.89. The Morgan fingerprint density at radius 2 is 2.05 bits per heavy atom. The minimum atomic E-state index is -3.98. The van der Waals surface area contributed by atoms with Gasteiger partial charge in [0, 0.05) is 0 Å². The van der Waals surface area contributed by atoms with Gasteiger partial charge in [0.1, 0.15) is 11.4 Å². The van der Waals surface area contributed by atoms with E-state index in [2.05, 4.69) is 5.32 Å². The predicted octanol–water partition coefficient (Wildman–Crippen LogP) is 0.892. The van der Waals surface area contributed by atoms with Crippen LogP contribution in [-0.2, 0) is 14.8 Å². The Morgan fingerprint density at radius 3 is 2.42 bits per heavy atom. The fraction of sp³-hybridized carbons (Fsp3) is 0.364. The van der Waals surface area contributed by atoms with Crippen molar-refractivity contribution in [1.29, 1.82) is 0 Å². The van der Waals surface area contributed by atoms with Crippen LogP contribution in [0.5, 0.6) is 0 Å². The summed E-state index contributed by atoms with van der Waals surface area (Å²) in [5.74, 6) is -1.90. The van der Waals surface area contributed by atoms with Crippen molar-refractivity contribution in [3.63, 3.8) is 0 Å². The number of nitrogens with two attached hydrogens (primary N) is 1. The highest BCUT2D eigenvalue weighted by Crippen LogP contribution is 2.36. The van der Waals surface area contributed by atoms with Gasteiger partial charge in [-0.2, -0.15) is 0 Å². The van der Waals surface area contributed by atoms with Crippen LogP contribution in [-0.4, -0.2) is 25.0 Å². The molecule has 0 aromatic heterocycles. The standard InChI is InChI=1S/C11H13FN2O4S/c12-8-6-7(19(13,17)18)2-3-9(8)14-11(10(15)16)4-1-5-11/h2-3,6,14H,1,4-5H2,(H,15,16)(H2,13,17,18). The maximum absolute atomic E-state index is 13.8. The summed E-state index contributed by atoms with van der Waals surface area (Å²) in [4.78, 5) is 10.8. The van der Waals surface area contributed by atoms with Crippen molar-refractivity contribution in [1.82, 2.24) is 0 Å². The van der Waals surface area contributed by atoms with E-state index in [1.165, 1.54) is 6.07 Å². The van der Waals surface area contributed by atoms with Crippen LogP contribution in [0, 0.1) is 5.82 Å². The van der Waals surface area contributed by atoms with Gasteiger partial charge in [0.15, 0.2) is 0 Å². The Hall–Kier alpha value is -1.67. The second kappa shape index (κ2) is 4.46. The Kier molecular flexibility index (Phi) is 3.23. The molecule has 1 fully saturated rings. The lowest BCUT2D eigenvalue weighted by atomic mass is 9.76. The molecule has 1 saturated carbocycles. The summed E-state index contributed by atoms with van der Waals surface area (Å²) in [6.07, 6.45) is 1.55. The van der Waals surface area contributed by atoms with Gasteiger partial charge >= 0.3 is 5.97 Å². The first-order chi connectivity index (χ1) is 8.74. The maximum atomic E-state index is 13.8. The smallest absolute Gasteiger partial charge is 0.329 e. The monoisotopic (exact) mass is 288 g/mol. The number of rotatable bonds is 4. The van der Waals surface area contributed by atoms with Gasteiger partial charge in [0.25, 0.3) is 0 Å². The highest BCUT2D eigenvalue weighted by molar-refractivity contribution is 7.89. The molecule has 8 heteroatoms. The first-order valence-electron chi connectivity index (χ1n) is 5.59. The number of anilines is 1. The molecule has 0 radical (unpaired) electrons. The molecule has 0 unspecified atom stereocenters. The van der Waals surface area contributed by atoms with Gasteiger partial charge in [0.2, 0.25) is 10.0 Å². The van der Waals surface area contributed by atoms with Gasteiger partial charge in [-0.05, 0) is 37.5 Å². The van der Waals surface area contributed by atoms with E-state index in [9.17, 15) is 17.6 Å². The Bertz CT molecular complexity index is 626. The number of halogens is 1. The quantitative estimate of drug-likeness (QED) is 0.762. The highest BCUT2D eigenvalue weighted by Gasteiger charge is 2.44. The topological polar surface area (TPSA) is 109 Å². The van der Waals surface area contributed by atoms with E-state index in [0.717, 1.165) is 18.6 Å². The number of carbonyl (C=O) groups is 1. The molecule has 1 aromatic rings. The number of hydrogen-bond acceptors (Lipinski definition) is 4. The lowest BCUT2D eigenvalue weighted by Crippen LogP contribution is -2.52. The predicted molar refractivity (Wildman–Crippen MR) is 65.6 cm³/mol. The Morgan fingerprint density at radius 1 is 1.42 bits per heavy atom. The minimum Gasteiger partial charge on any atom is -0.480 e. The number of carboxylic acid groups (broad SMARTS) is 1. The number of sulfonamides is 1. The zero-order chi connectivity index (χ0) is 14.3.